The summed E-state index contributed by atoms with van der Waals surface area (Å²) in [7, 11) is -1.58. The van der Waals surface area contributed by atoms with Gasteiger partial charge in [0.25, 0.3) is 0 Å². The van der Waals surface area contributed by atoms with Crippen LogP contribution in [0.1, 0.15) is 5.69 Å². The van der Waals surface area contributed by atoms with E-state index in [9.17, 15) is 8.42 Å². The van der Waals surface area contributed by atoms with E-state index in [1.807, 2.05) is 0 Å². The third-order valence-electron chi connectivity index (χ3n) is 2.53. The molecule has 102 valence electrons. The van der Waals surface area contributed by atoms with Crippen molar-refractivity contribution in [2.75, 3.05) is 6.26 Å². The van der Waals surface area contributed by atoms with Crippen molar-refractivity contribution in [2.24, 2.45) is 7.05 Å². The van der Waals surface area contributed by atoms with Gasteiger partial charge in [-0.15, -0.1) is 0 Å². The number of nitrogens with zero attached hydrogens (tertiary/aromatic N) is 3. The predicted octanol–water partition coefficient (Wildman–Crippen LogP) is 0.862. The van der Waals surface area contributed by atoms with Crippen molar-refractivity contribution in [1.82, 2.24) is 14.5 Å². The molecular formula is C11H13N3O3S2. The monoisotopic (exact) mass is 299 g/mol. The molecule has 2 heterocycles. The Balaban J connectivity index is 2.42. The van der Waals surface area contributed by atoms with E-state index < -0.39 is 9.84 Å². The lowest BCUT2D eigenvalue weighted by molar-refractivity contribution is 0.271. The minimum Gasteiger partial charge on any atom is -0.390 e. The summed E-state index contributed by atoms with van der Waals surface area (Å²) in [6.07, 6.45) is 4.23. The highest BCUT2D eigenvalue weighted by Crippen LogP contribution is 2.30. The van der Waals surface area contributed by atoms with Crippen LogP contribution in [0.2, 0.25) is 0 Å². The normalized spacial score (nSPS) is 11.7. The maximum Gasteiger partial charge on any atom is 0.178 e. The third-order valence-corrected chi connectivity index (χ3v) is 4.87. The van der Waals surface area contributed by atoms with E-state index in [1.165, 1.54) is 12.3 Å². The van der Waals surface area contributed by atoms with E-state index in [0.717, 1.165) is 18.0 Å². The Morgan fingerprint density at radius 2 is 2.16 bits per heavy atom. The lowest BCUT2D eigenvalue weighted by Gasteiger charge is -2.06. The molecule has 0 saturated heterocycles. The van der Waals surface area contributed by atoms with E-state index in [4.69, 9.17) is 5.11 Å². The van der Waals surface area contributed by atoms with Gasteiger partial charge in [0, 0.05) is 19.5 Å². The van der Waals surface area contributed by atoms with Crippen LogP contribution in [-0.2, 0) is 23.5 Å². The molecule has 0 amide bonds. The molecule has 0 saturated carbocycles. The zero-order valence-corrected chi connectivity index (χ0v) is 12.1. The molecule has 0 unspecified atom stereocenters. The fraction of sp³-hybridized carbons (Fsp3) is 0.273. The van der Waals surface area contributed by atoms with Crippen molar-refractivity contribution < 1.29 is 13.5 Å². The second-order valence-corrected chi connectivity index (χ2v) is 6.87. The van der Waals surface area contributed by atoms with Crippen LogP contribution in [0.25, 0.3) is 0 Å². The summed E-state index contributed by atoms with van der Waals surface area (Å²) in [5.41, 5.74) is 0.652. The highest BCUT2D eigenvalue weighted by atomic mass is 32.2. The van der Waals surface area contributed by atoms with Crippen LogP contribution in [-0.4, -0.2) is 34.3 Å². The molecule has 0 bridgehead atoms. The van der Waals surface area contributed by atoms with E-state index in [0.29, 0.717) is 15.9 Å². The Morgan fingerprint density at radius 1 is 1.42 bits per heavy atom. The topological polar surface area (TPSA) is 85.1 Å². The van der Waals surface area contributed by atoms with E-state index >= 15 is 0 Å². The molecule has 2 rings (SSSR count). The fourth-order valence-corrected chi connectivity index (χ4v) is 3.58. The first-order valence-electron chi connectivity index (χ1n) is 5.38. The summed E-state index contributed by atoms with van der Waals surface area (Å²) in [5, 5.41) is 10.1. The van der Waals surface area contributed by atoms with Gasteiger partial charge in [0.2, 0.25) is 0 Å². The van der Waals surface area contributed by atoms with Crippen molar-refractivity contribution in [2.45, 2.75) is 21.7 Å². The molecule has 0 atom stereocenters. The lowest BCUT2D eigenvalue weighted by Crippen LogP contribution is -2.02. The van der Waals surface area contributed by atoms with Crippen LogP contribution in [0.5, 0.6) is 0 Å². The van der Waals surface area contributed by atoms with Crippen molar-refractivity contribution in [1.29, 1.82) is 0 Å². The number of aromatic nitrogens is 3. The molecule has 0 aliphatic rings. The Labute approximate surface area is 115 Å². The molecule has 0 radical (unpaired) electrons. The Hall–Kier alpha value is -1.38. The van der Waals surface area contributed by atoms with Crippen molar-refractivity contribution in [3.05, 3.63) is 30.2 Å². The van der Waals surface area contributed by atoms with Gasteiger partial charge >= 0.3 is 0 Å². The lowest BCUT2D eigenvalue weighted by atomic mass is 10.5. The first-order valence-corrected chi connectivity index (χ1v) is 8.08. The number of rotatable bonds is 4. The standard InChI is InChI=1S/C11H13N3O3S2/c1-14-8(7-15)6-13-11(14)18-10-9(19(2,16)17)4-3-5-12-10/h3-6,15H,7H2,1-2H3. The summed E-state index contributed by atoms with van der Waals surface area (Å²) in [4.78, 5) is 8.40. The van der Waals surface area contributed by atoms with Gasteiger partial charge in [-0.3, -0.25) is 0 Å². The molecule has 6 nitrogen and oxygen atoms in total. The van der Waals surface area contributed by atoms with Gasteiger partial charge in [-0.05, 0) is 23.9 Å². The number of hydrogen-bond donors (Lipinski definition) is 1. The number of sulfone groups is 1. The summed E-state index contributed by atoms with van der Waals surface area (Å²) < 4.78 is 25.0. The minimum atomic E-state index is -3.33. The van der Waals surface area contributed by atoms with Crippen LogP contribution in [0, 0.1) is 0 Å². The van der Waals surface area contributed by atoms with Crippen molar-refractivity contribution in [3.8, 4) is 0 Å². The van der Waals surface area contributed by atoms with E-state index in [-0.39, 0.29) is 11.5 Å². The molecule has 2 aromatic rings. The Morgan fingerprint density at radius 3 is 2.74 bits per heavy atom. The molecule has 0 fully saturated rings. The second-order valence-electron chi connectivity index (χ2n) is 3.93. The van der Waals surface area contributed by atoms with Crippen molar-refractivity contribution in [3.63, 3.8) is 0 Å². The second kappa shape index (κ2) is 5.32. The molecule has 0 aromatic carbocycles. The van der Waals surface area contributed by atoms with Crippen LogP contribution in [0.3, 0.4) is 0 Å². The highest BCUT2D eigenvalue weighted by Gasteiger charge is 2.17. The third kappa shape index (κ3) is 2.96. The SMILES string of the molecule is Cn1c(CO)cnc1Sc1ncccc1S(C)(=O)=O. The first kappa shape index (κ1) is 14.0. The van der Waals surface area contributed by atoms with Crippen molar-refractivity contribution >= 4 is 21.6 Å². The predicted molar refractivity (Wildman–Crippen MR) is 70.6 cm³/mol. The molecule has 1 N–H and O–H groups in total. The smallest absolute Gasteiger partial charge is 0.178 e. The molecule has 2 aromatic heterocycles. The average Bonchev–Trinajstić information content (AvgIpc) is 2.70. The van der Waals surface area contributed by atoms with Crippen LogP contribution < -0.4 is 0 Å². The largest absolute Gasteiger partial charge is 0.390 e. The molecule has 0 spiro atoms. The fourth-order valence-electron chi connectivity index (χ4n) is 1.49. The van der Waals surface area contributed by atoms with E-state index in [1.54, 1.807) is 23.9 Å². The van der Waals surface area contributed by atoms with Gasteiger partial charge in [-0.1, -0.05) is 0 Å². The Bertz CT molecular complexity index is 695. The summed E-state index contributed by atoms with van der Waals surface area (Å²) in [5.74, 6) is 0. The maximum absolute atomic E-state index is 11.7. The zero-order chi connectivity index (χ0) is 14.0. The number of aliphatic hydroxyl groups excluding tert-OH is 1. The maximum atomic E-state index is 11.7. The number of imidazole rings is 1. The van der Waals surface area contributed by atoms with Crippen LogP contribution in [0.15, 0.2) is 39.6 Å². The number of hydrogen-bond acceptors (Lipinski definition) is 6. The van der Waals surface area contributed by atoms with Crippen LogP contribution >= 0.6 is 11.8 Å². The summed E-state index contributed by atoms with van der Waals surface area (Å²) >= 11 is 1.15. The van der Waals surface area contributed by atoms with Crippen LogP contribution in [0.4, 0.5) is 0 Å². The summed E-state index contributed by atoms with van der Waals surface area (Å²) in [6, 6.07) is 3.10. The molecular weight excluding hydrogens is 286 g/mol. The van der Waals surface area contributed by atoms with Gasteiger partial charge in [-0.25, -0.2) is 18.4 Å². The van der Waals surface area contributed by atoms with Gasteiger partial charge in [0.05, 0.1) is 23.4 Å². The minimum absolute atomic E-state index is 0.120. The molecule has 0 aliphatic carbocycles. The van der Waals surface area contributed by atoms with Gasteiger partial charge in [0.15, 0.2) is 15.0 Å². The number of pyridine rings is 1. The summed E-state index contributed by atoms with van der Waals surface area (Å²) in [6.45, 7) is -0.120. The van der Waals surface area contributed by atoms with Gasteiger partial charge in [-0.2, -0.15) is 0 Å². The Kier molecular flexibility index (Phi) is 3.93. The van der Waals surface area contributed by atoms with E-state index in [2.05, 4.69) is 9.97 Å². The highest BCUT2D eigenvalue weighted by molar-refractivity contribution is 8.00. The molecule has 8 heteroatoms. The zero-order valence-electron chi connectivity index (χ0n) is 10.4. The molecule has 19 heavy (non-hydrogen) atoms. The average molecular weight is 299 g/mol. The van der Waals surface area contributed by atoms with Gasteiger partial charge < -0.3 is 9.67 Å². The molecule has 0 aliphatic heterocycles. The van der Waals surface area contributed by atoms with Gasteiger partial charge in [0.1, 0.15) is 5.03 Å². The first-order chi connectivity index (χ1) is 8.93. The number of aliphatic hydroxyl groups is 1. The quantitative estimate of drug-likeness (QED) is 0.901.